The molecule has 0 aromatic heterocycles. The molecule has 174 valence electrons. The molecule has 2 heterocycles. The fraction of sp³-hybridized carbons (Fsp3) is 0.455. The van der Waals surface area contributed by atoms with Crippen LogP contribution in [0, 0.1) is 10.8 Å². The maximum Gasteiger partial charge on any atom is 0.437 e. The van der Waals surface area contributed by atoms with E-state index < -0.39 is 39.4 Å². The number of phosphoric acid groups is 2. The molecular formula is C22H27ClO7P2. The molecule has 4 rings (SSSR count). The van der Waals surface area contributed by atoms with Gasteiger partial charge in [-0.25, -0.2) is 0 Å². The summed E-state index contributed by atoms with van der Waals surface area (Å²) in [5, 5.41) is 0.460. The lowest BCUT2D eigenvalue weighted by atomic mass is 9.83. The van der Waals surface area contributed by atoms with Gasteiger partial charge in [-0.05, 0) is 11.6 Å². The molecule has 2 fully saturated rings. The molecular weight excluding hydrogens is 474 g/mol. The standard InChI is InChI=1S/C22H27ClO7P2/c1-21(2)14-26-31(24,28-19(21)16-10-6-5-7-11-16)30-32(25)27-15-22(3,4)20(29-32)17-12-8-9-13-18(17)23/h5-13,19-20H,14-15H2,1-4H3/t19-,20+,31?,32?/m1/s1. The van der Waals surface area contributed by atoms with Crippen LogP contribution in [0.1, 0.15) is 51.0 Å². The van der Waals surface area contributed by atoms with Gasteiger partial charge in [0.05, 0.1) is 0 Å². The molecule has 0 aliphatic carbocycles. The van der Waals surface area contributed by atoms with Gasteiger partial charge in [0.1, 0.15) is 25.4 Å². The molecule has 2 aromatic rings. The summed E-state index contributed by atoms with van der Waals surface area (Å²) in [6.07, 6.45) is -1.32. The summed E-state index contributed by atoms with van der Waals surface area (Å²) in [5.74, 6) is 0. The molecule has 7 nitrogen and oxygen atoms in total. The third-order valence-electron chi connectivity index (χ3n) is 5.57. The number of benzene rings is 2. The van der Waals surface area contributed by atoms with E-state index in [1.807, 2.05) is 64.1 Å². The topological polar surface area (TPSA) is 92.3 Å². The van der Waals surface area contributed by atoms with Crippen molar-refractivity contribution in [2.24, 2.45) is 10.8 Å². The molecule has 0 saturated carbocycles. The molecule has 0 radical (unpaired) electrons. The van der Waals surface area contributed by atoms with Crippen molar-refractivity contribution in [3.63, 3.8) is 0 Å². The van der Waals surface area contributed by atoms with E-state index in [4.69, 9.17) is 34.0 Å². The SMILES string of the molecule is CC1(C)CO[P+]([O-])(O[P+]2([O-])OCC(C)(C)[C@H](c3ccccc3Cl)O2)O[C@@H]1c1ccccc1. The minimum absolute atomic E-state index is 0.0355. The Kier molecular flexibility index (Phi) is 6.74. The first-order valence-electron chi connectivity index (χ1n) is 10.3. The molecule has 0 amide bonds. The summed E-state index contributed by atoms with van der Waals surface area (Å²) in [6.45, 7) is 7.76. The largest absolute Gasteiger partial charge is 0.602 e. The van der Waals surface area contributed by atoms with Crippen molar-refractivity contribution >= 4 is 27.9 Å². The third kappa shape index (κ3) is 5.03. The molecule has 4 atom stereocenters. The Hall–Kier alpha value is -0.690. The first-order valence-corrected chi connectivity index (χ1v) is 13.6. The molecule has 0 bridgehead atoms. The molecule has 32 heavy (non-hydrogen) atoms. The highest BCUT2D eigenvalue weighted by atomic mass is 35.5. The molecule has 0 spiro atoms. The van der Waals surface area contributed by atoms with Crippen molar-refractivity contribution in [3.05, 3.63) is 70.7 Å². The van der Waals surface area contributed by atoms with Crippen LogP contribution in [0.15, 0.2) is 54.6 Å². The number of halogens is 1. The van der Waals surface area contributed by atoms with Crippen molar-refractivity contribution in [3.8, 4) is 0 Å². The minimum atomic E-state index is -4.30. The fourth-order valence-corrected chi connectivity index (χ4v) is 8.09. The van der Waals surface area contributed by atoms with Crippen molar-refractivity contribution in [2.45, 2.75) is 39.9 Å². The van der Waals surface area contributed by atoms with Crippen LogP contribution >= 0.6 is 27.9 Å². The zero-order valence-corrected chi connectivity index (χ0v) is 20.9. The molecule has 2 aliphatic rings. The minimum Gasteiger partial charge on any atom is -0.602 e. The van der Waals surface area contributed by atoms with Crippen molar-refractivity contribution in [1.82, 2.24) is 0 Å². The Morgan fingerprint density at radius 3 is 1.91 bits per heavy atom. The second kappa shape index (κ2) is 8.83. The van der Waals surface area contributed by atoms with E-state index in [0.29, 0.717) is 10.6 Å². The van der Waals surface area contributed by atoms with Gasteiger partial charge in [-0.15, -0.1) is 0 Å². The molecule has 0 N–H and O–H groups in total. The molecule has 2 saturated heterocycles. The highest BCUT2D eigenvalue weighted by molar-refractivity contribution is 7.67. The summed E-state index contributed by atoms with van der Waals surface area (Å²) in [4.78, 5) is 26.9. The Morgan fingerprint density at radius 1 is 0.812 bits per heavy atom. The second-order valence-corrected chi connectivity index (χ2v) is 13.2. The molecule has 2 unspecified atom stereocenters. The lowest BCUT2D eigenvalue weighted by molar-refractivity contribution is -0.296. The number of hydrogen-bond acceptors (Lipinski definition) is 7. The number of hydrogen-bond donors (Lipinski definition) is 0. The Morgan fingerprint density at radius 2 is 1.31 bits per heavy atom. The average molecular weight is 501 g/mol. The smallest absolute Gasteiger partial charge is 0.437 e. The van der Waals surface area contributed by atoms with E-state index in [0.717, 1.165) is 5.56 Å². The lowest BCUT2D eigenvalue weighted by Crippen LogP contribution is -2.42. The molecule has 10 heteroatoms. The summed E-state index contributed by atoms with van der Waals surface area (Å²) >= 11 is 6.36. The van der Waals surface area contributed by atoms with Crippen molar-refractivity contribution < 1.29 is 32.2 Å². The van der Waals surface area contributed by atoms with Gasteiger partial charge in [-0.3, -0.25) is 0 Å². The predicted molar refractivity (Wildman–Crippen MR) is 120 cm³/mol. The van der Waals surface area contributed by atoms with Gasteiger partial charge in [-0.1, -0.05) is 87.8 Å². The monoisotopic (exact) mass is 500 g/mol. The van der Waals surface area contributed by atoms with E-state index in [1.165, 1.54) is 0 Å². The number of rotatable bonds is 4. The van der Waals surface area contributed by atoms with Gasteiger partial charge in [0, 0.05) is 25.7 Å². The van der Waals surface area contributed by atoms with Crippen molar-refractivity contribution in [2.75, 3.05) is 13.2 Å². The lowest BCUT2D eigenvalue weighted by Gasteiger charge is -2.45. The quantitative estimate of drug-likeness (QED) is 0.522. The third-order valence-corrected chi connectivity index (χ3v) is 9.34. The maximum atomic E-state index is 13.5. The fourth-order valence-electron chi connectivity index (χ4n) is 3.76. The van der Waals surface area contributed by atoms with Gasteiger partial charge in [-0.2, -0.15) is 18.1 Å². The van der Waals surface area contributed by atoms with E-state index in [1.54, 1.807) is 18.2 Å². The first-order chi connectivity index (χ1) is 14.9. The van der Waals surface area contributed by atoms with E-state index >= 15 is 0 Å². The van der Waals surface area contributed by atoms with Crippen molar-refractivity contribution in [1.29, 1.82) is 0 Å². The average Bonchev–Trinajstić information content (AvgIpc) is 2.74. The maximum absolute atomic E-state index is 13.5. The Balaban J connectivity index is 1.58. The molecule has 2 aromatic carbocycles. The van der Waals surface area contributed by atoms with E-state index in [2.05, 4.69) is 0 Å². The predicted octanol–water partition coefficient (Wildman–Crippen LogP) is 5.36. The van der Waals surface area contributed by atoms with E-state index in [-0.39, 0.29) is 13.2 Å². The summed E-state index contributed by atoms with van der Waals surface area (Å²) < 4.78 is 28.0. The molecule has 2 aliphatic heterocycles. The van der Waals surface area contributed by atoms with Gasteiger partial charge >= 0.3 is 16.3 Å². The van der Waals surface area contributed by atoms with Crippen LogP contribution in [-0.4, -0.2) is 13.2 Å². The highest BCUT2D eigenvalue weighted by Crippen LogP contribution is 2.77. The summed E-state index contributed by atoms with van der Waals surface area (Å²) in [5.41, 5.74) is 0.380. The van der Waals surface area contributed by atoms with Crippen LogP contribution in [0.2, 0.25) is 5.02 Å². The van der Waals surface area contributed by atoms with Gasteiger partial charge in [0.15, 0.2) is 0 Å². The van der Waals surface area contributed by atoms with Crippen LogP contribution in [0.4, 0.5) is 0 Å². The van der Waals surface area contributed by atoms with Crippen LogP contribution in [0.25, 0.3) is 0 Å². The normalized spacial score (nSPS) is 34.2. The Labute approximate surface area is 194 Å². The van der Waals surface area contributed by atoms with Crippen LogP contribution in [0.3, 0.4) is 0 Å². The zero-order chi connectivity index (χ0) is 23.2. The highest BCUT2D eigenvalue weighted by Gasteiger charge is 2.62. The second-order valence-electron chi connectivity index (χ2n) is 9.40. The van der Waals surface area contributed by atoms with Gasteiger partial charge < -0.3 is 9.79 Å². The Bertz CT molecular complexity index is 960. The first kappa shape index (κ1) is 24.4. The number of phosphoric ester groups is 2. The van der Waals surface area contributed by atoms with Crippen LogP contribution in [-0.2, 0) is 22.4 Å². The van der Waals surface area contributed by atoms with E-state index in [9.17, 15) is 9.79 Å². The van der Waals surface area contributed by atoms with Crippen LogP contribution in [0.5, 0.6) is 0 Å². The van der Waals surface area contributed by atoms with Crippen LogP contribution < -0.4 is 9.79 Å². The summed E-state index contributed by atoms with van der Waals surface area (Å²) in [7, 11) is -8.57. The van der Waals surface area contributed by atoms with Gasteiger partial charge in [0.25, 0.3) is 0 Å². The zero-order valence-electron chi connectivity index (χ0n) is 18.4. The summed E-state index contributed by atoms with van der Waals surface area (Å²) in [6, 6.07) is 16.5. The van der Waals surface area contributed by atoms with Gasteiger partial charge in [0.2, 0.25) is 0 Å².